The van der Waals surface area contributed by atoms with E-state index in [9.17, 15) is 5.11 Å². The number of benzene rings is 1. The van der Waals surface area contributed by atoms with Crippen molar-refractivity contribution in [3.63, 3.8) is 0 Å². The van der Waals surface area contributed by atoms with E-state index in [1.807, 2.05) is 12.1 Å². The fraction of sp³-hybridized carbons (Fsp3) is 0.600. The van der Waals surface area contributed by atoms with Crippen molar-refractivity contribution in [2.24, 2.45) is 0 Å². The van der Waals surface area contributed by atoms with Gasteiger partial charge in [0.25, 0.3) is 0 Å². The molecule has 1 unspecified atom stereocenters. The third kappa shape index (κ3) is 3.85. The molecule has 2 N–H and O–H groups in total. The summed E-state index contributed by atoms with van der Waals surface area (Å²) in [6.45, 7) is 7.10. The highest BCUT2D eigenvalue weighted by atomic mass is 35.5. The number of ether oxygens (including phenoxy) is 1. The van der Waals surface area contributed by atoms with Crippen molar-refractivity contribution in [2.45, 2.75) is 32.5 Å². The molecule has 1 aromatic carbocycles. The molecule has 1 fully saturated rings. The average molecular weight is 299 g/mol. The third-order valence-electron chi connectivity index (χ3n) is 3.47. The molecule has 0 aromatic heterocycles. The van der Waals surface area contributed by atoms with Crippen molar-refractivity contribution < 1.29 is 9.84 Å². The minimum atomic E-state index is -0.0131. The van der Waals surface area contributed by atoms with Crippen molar-refractivity contribution in [3.05, 3.63) is 28.8 Å². The van der Waals surface area contributed by atoms with Crippen molar-refractivity contribution in [3.8, 4) is 0 Å². The van der Waals surface area contributed by atoms with Gasteiger partial charge in [-0.15, -0.1) is 0 Å². The quantitative estimate of drug-likeness (QED) is 0.873. The number of nitrogens with one attached hydrogen (secondary N) is 1. The SMILES string of the molecule is CC(C)NCc1ccc(N2CCOCC2CO)c(Cl)c1. The smallest absolute Gasteiger partial charge is 0.0756 e. The van der Waals surface area contributed by atoms with Gasteiger partial charge in [-0.25, -0.2) is 0 Å². The molecule has 2 rings (SSSR count). The van der Waals surface area contributed by atoms with Gasteiger partial charge in [0.05, 0.1) is 36.6 Å². The lowest BCUT2D eigenvalue weighted by Crippen LogP contribution is -2.47. The number of rotatable bonds is 5. The first-order chi connectivity index (χ1) is 9.61. The second-order valence-corrected chi connectivity index (χ2v) is 5.83. The van der Waals surface area contributed by atoms with E-state index < -0.39 is 0 Å². The molecule has 0 spiro atoms. The number of halogens is 1. The molecule has 0 amide bonds. The molecule has 1 aliphatic rings. The van der Waals surface area contributed by atoms with Gasteiger partial charge in [-0.2, -0.15) is 0 Å². The van der Waals surface area contributed by atoms with E-state index in [0.29, 0.717) is 19.3 Å². The van der Waals surface area contributed by atoms with Crippen molar-refractivity contribution >= 4 is 17.3 Å². The van der Waals surface area contributed by atoms with Crippen molar-refractivity contribution in [2.75, 3.05) is 31.3 Å². The Bertz CT molecular complexity index is 440. The van der Waals surface area contributed by atoms with Gasteiger partial charge in [-0.1, -0.05) is 31.5 Å². The first-order valence-corrected chi connectivity index (χ1v) is 7.46. The predicted molar refractivity (Wildman–Crippen MR) is 82.5 cm³/mol. The zero-order valence-electron chi connectivity index (χ0n) is 12.1. The molecule has 20 heavy (non-hydrogen) atoms. The summed E-state index contributed by atoms with van der Waals surface area (Å²) in [7, 11) is 0. The number of hydrogen-bond acceptors (Lipinski definition) is 4. The molecule has 112 valence electrons. The van der Waals surface area contributed by atoms with E-state index in [2.05, 4.69) is 30.1 Å². The van der Waals surface area contributed by atoms with E-state index in [4.69, 9.17) is 16.3 Å². The van der Waals surface area contributed by atoms with Crippen LogP contribution < -0.4 is 10.2 Å². The van der Waals surface area contributed by atoms with Crippen LogP contribution in [0.4, 0.5) is 5.69 Å². The highest BCUT2D eigenvalue weighted by Crippen LogP contribution is 2.29. The Kier molecular flexibility index (Phi) is 5.66. The number of anilines is 1. The Morgan fingerprint density at radius 3 is 2.95 bits per heavy atom. The number of nitrogens with zero attached hydrogens (tertiary/aromatic N) is 1. The molecule has 1 aliphatic heterocycles. The van der Waals surface area contributed by atoms with Crippen LogP contribution in [-0.2, 0) is 11.3 Å². The lowest BCUT2D eigenvalue weighted by molar-refractivity contribution is 0.0727. The third-order valence-corrected chi connectivity index (χ3v) is 3.78. The van der Waals surface area contributed by atoms with E-state index in [-0.39, 0.29) is 12.6 Å². The van der Waals surface area contributed by atoms with Crippen LogP contribution in [0.1, 0.15) is 19.4 Å². The number of hydrogen-bond donors (Lipinski definition) is 2. The van der Waals surface area contributed by atoms with Gasteiger partial charge in [-0.3, -0.25) is 0 Å². The maximum Gasteiger partial charge on any atom is 0.0756 e. The van der Waals surface area contributed by atoms with Crippen LogP contribution in [0.2, 0.25) is 5.02 Å². The van der Waals surface area contributed by atoms with Crippen LogP contribution in [0.25, 0.3) is 0 Å². The number of morpholine rings is 1. The highest BCUT2D eigenvalue weighted by molar-refractivity contribution is 6.33. The summed E-state index contributed by atoms with van der Waals surface area (Å²) < 4.78 is 5.40. The van der Waals surface area contributed by atoms with Crippen LogP contribution >= 0.6 is 11.6 Å². The highest BCUT2D eigenvalue weighted by Gasteiger charge is 2.24. The molecular weight excluding hydrogens is 276 g/mol. The molecule has 0 aliphatic carbocycles. The van der Waals surface area contributed by atoms with Gasteiger partial charge < -0.3 is 20.1 Å². The van der Waals surface area contributed by atoms with E-state index in [0.717, 1.165) is 23.8 Å². The van der Waals surface area contributed by atoms with Gasteiger partial charge in [0.15, 0.2) is 0 Å². The van der Waals surface area contributed by atoms with Gasteiger partial charge in [0.2, 0.25) is 0 Å². The molecule has 1 aromatic rings. The summed E-state index contributed by atoms with van der Waals surface area (Å²) in [6.07, 6.45) is 0. The second-order valence-electron chi connectivity index (χ2n) is 5.43. The molecule has 5 heteroatoms. The average Bonchev–Trinajstić information content (AvgIpc) is 2.45. The van der Waals surface area contributed by atoms with E-state index in [1.165, 1.54) is 5.56 Å². The summed E-state index contributed by atoms with van der Waals surface area (Å²) in [5.74, 6) is 0. The van der Waals surface area contributed by atoms with Gasteiger partial charge in [0, 0.05) is 19.1 Å². The Balaban J connectivity index is 2.12. The van der Waals surface area contributed by atoms with Crippen LogP contribution in [0.5, 0.6) is 0 Å². The van der Waals surface area contributed by atoms with Crippen LogP contribution in [0.15, 0.2) is 18.2 Å². The fourth-order valence-electron chi connectivity index (χ4n) is 2.34. The van der Waals surface area contributed by atoms with Crippen molar-refractivity contribution in [1.82, 2.24) is 5.32 Å². The Hall–Kier alpha value is -0.810. The maximum absolute atomic E-state index is 9.44. The molecule has 0 saturated carbocycles. The monoisotopic (exact) mass is 298 g/mol. The summed E-state index contributed by atoms with van der Waals surface area (Å²) in [5.41, 5.74) is 2.14. The van der Waals surface area contributed by atoms with Crippen molar-refractivity contribution in [1.29, 1.82) is 0 Å². The number of aliphatic hydroxyl groups excluding tert-OH is 1. The van der Waals surface area contributed by atoms with Crippen LogP contribution in [-0.4, -0.2) is 43.6 Å². The molecular formula is C15H23ClN2O2. The lowest BCUT2D eigenvalue weighted by Gasteiger charge is -2.36. The van der Waals surface area contributed by atoms with Gasteiger partial charge >= 0.3 is 0 Å². The maximum atomic E-state index is 9.44. The number of aliphatic hydroxyl groups is 1. The lowest BCUT2D eigenvalue weighted by atomic mass is 10.1. The van der Waals surface area contributed by atoms with E-state index in [1.54, 1.807) is 0 Å². The normalized spacial score (nSPS) is 19.6. The summed E-state index contributed by atoms with van der Waals surface area (Å²) in [6, 6.07) is 6.55. The molecule has 4 nitrogen and oxygen atoms in total. The fourth-order valence-corrected chi connectivity index (χ4v) is 2.65. The Morgan fingerprint density at radius 2 is 2.30 bits per heavy atom. The van der Waals surface area contributed by atoms with E-state index >= 15 is 0 Å². The zero-order chi connectivity index (χ0) is 14.5. The Morgan fingerprint density at radius 1 is 1.50 bits per heavy atom. The topological polar surface area (TPSA) is 44.7 Å². The molecule has 1 heterocycles. The molecule has 1 saturated heterocycles. The summed E-state index contributed by atoms with van der Waals surface area (Å²) in [4.78, 5) is 2.13. The Labute approximate surface area is 125 Å². The van der Waals surface area contributed by atoms with Crippen LogP contribution in [0, 0.1) is 0 Å². The standard InChI is InChI=1S/C15H23ClN2O2/c1-11(2)17-8-12-3-4-15(14(16)7-12)18-5-6-20-10-13(18)9-19/h3-4,7,11,13,17,19H,5-6,8-10H2,1-2H3. The van der Waals surface area contributed by atoms with Crippen LogP contribution in [0.3, 0.4) is 0 Å². The molecule has 0 radical (unpaired) electrons. The summed E-state index contributed by atoms with van der Waals surface area (Å²) in [5, 5.41) is 13.5. The second kappa shape index (κ2) is 7.27. The molecule has 0 bridgehead atoms. The first-order valence-electron chi connectivity index (χ1n) is 7.09. The largest absolute Gasteiger partial charge is 0.394 e. The predicted octanol–water partition coefficient (Wildman–Crippen LogP) is 2.04. The minimum Gasteiger partial charge on any atom is -0.394 e. The molecule has 1 atom stereocenters. The van der Waals surface area contributed by atoms with Gasteiger partial charge in [-0.05, 0) is 17.7 Å². The summed E-state index contributed by atoms with van der Waals surface area (Å²) >= 11 is 6.41. The minimum absolute atomic E-state index is 0.0131. The zero-order valence-corrected chi connectivity index (χ0v) is 12.9. The van der Waals surface area contributed by atoms with Gasteiger partial charge in [0.1, 0.15) is 0 Å². The first kappa shape index (κ1) is 15.6.